The van der Waals surface area contributed by atoms with Gasteiger partial charge in [0.2, 0.25) is 0 Å². The fourth-order valence-electron chi connectivity index (χ4n) is 3.95. The van der Waals surface area contributed by atoms with Gasteiger partial charge in [-0.05, 0) is 71.6 Å². The molecule has 0 aliphatic rings. The SMILES string of the molecule is CC(CO)(c1ccccc1)c1ccc(OCc2cccc(COc3ccc(C(=N)N)cc3)c2)cc1. The molecule has 0 aliphatic carbocycles. The Balaban J connectivity index is 1.36. The van der Waals surface area contributed by atoms with E-state index in [0.717, 1.165) is 33.8 Å². The van der Waals surface area contributed by atoms with Crippen LogP contribution in [0, 0.1) is 5.41 Å². The Morgan fingerprint density at radius 3 is 1.77 bits per heavy atom. The predicted molar refractivity (Wildman–Crippen MR) is 139 cm³/mol. The first-order chi connectivity index (χ1) is 17.0. The fraction of sp³-hybridized carbons (Fsp3) is 0.167. The van der Waals surface area contributed by atoms with Crippen LogP contribution in [0.25, 0.3) is 0 Å². The number of hydrogen-bond donors (Lipinski definition) is 3. The van der Waals surface area contributed by atoms with Crippen LogP contribution in [-0.2, 0) is 18.6 Å². The predicted octanol–water partition coefficient (Wildman–Crippen LogP) is 5.43. The average molecular weight is 467 g/mol. The number of amidine groups is 1. The summed E-state index contributed by atoms with van der Waals surface area (Å²) in [6, 6.07) is 33.2. The normalized spacial score (nSPS) is 12.5. The second-order valence-electron chi connectivity index (χ2n) is 8.72. The molecule has 5 heteroatoms. The van der Waals surface area contributed by atoms with E-state index in [-0.39, 0.29) is 12.4 Å². The number of nitrogen functional groups attached to an aromatic ring is 1. The molecule has 0 bridgehead atoms. The van der Waals surface area contributed by atoms with Crippen molar-refractivity contribution in [1.29, 1.82) is 5.41 Å². The molecule has 4 N–H and O–H groups in total. The molecule has 0 aromatic heterocycles. The largest absolute Gasteiger partial charge is 0.489 e. The van der Waals surface area contributed by atoms with Crippen LogP contribution in [-0.4, -0.2) is 17.5 Å². The van der Waals surface area contributed by atoms with E-state index < -0.39 is 5.41 Å². The highest BCUT2D eigenvalue weighted by molar-refractivity contribution is 5.94. The first-order valence-corrected chi connectivity index (χ1v) is 11.5. The minimum absolute atomic E-state index is 0.0208. The molecule has 35 heavy (non-hydrogen) atoms. The van der Waals surface area contributed by atoms with Crippen LogP contribution < -0.4 is 15.2 Å². The zero-order valence-corrected chi connectivity index (χ0v) is 19.8. The lowest BCUT2D eigenvalue weighted by molar-refractivity contribution is 0.231. The van der Waals surface area contributed by atoms with Crippen LogP contribution in [0.3, 0.4) is 0 Å². The highest BCUT2D eigenvalue weighted by Crippen LogP contribution is 2.32. The van der Waals surface area contributed by atoms with E-state index >= 15 is 0 Å². The van der Waals surface area contributed by atoms with Crippen LogP contribution >= 0.6 is 0 Å². The number of rotatable bonds is 10. The Morgan fingerprint density at radius 1 is 0.743 bits per heavy atom. The van der Waals surface area contributed by atoms with Crippen molar-refractivity contribution in [2.45, 2.75) is 25.6 Å². The van der Waals surface area contributed by atoms with Crippen molar-refractivity contribution in [3.8, 4) is 11.5 Å². The number of hydrogen-bond acceptors (Lipinski definition) is 4. The molecule has 0 aliphatic heterocycles. The van der Waals surface area contributed by atoms with E-state index in [1.165, 1.54) is 0 Å². The van der Waals surface area contributed by atoms with Crippen LogP contribution in [0.2, 0.25) is 0 Å². The maximum atomic E-state index is 10.1. The van der Waals surface area contributed by atoms with E-state index in [1.54, 1.807) is 12.1 Å². The maximum absolute atomic E-state index is 10.1. The molecule has 0 fully saturated rings. The molecular weight excluding hydrogens is 436 g/mol. The minimum atomic E-state index is -0.472. The van der Waals surface area contributed by atoms with Crippen molar-refractivity contribution in [3.63, 3.8) is 0 Å². The quantitative estimate of drug-likeness (QED) is 0.215. The summed E-state index contributed by atoms with van der Waals surface area (Å²) in [4.78, 5) is 0. The van der Waals surface area contributed by atoms with Gasteiger partial charge in [0.15, 0.2) is 0 Å². The van der Waals surface area contributed by atoms with Crippen molar-refractivity contribution in [1.82, 2.24) is 0 Å². The molecular formula is C30H30N2O3. The molecule has 4 aromatic carbocycles. The standard InChI is InChI=1S/C30H30N2O3/c1-30(21-33,25-8-3-2-4-9-25)26-12-16-28(17-13-26)35-20-23-7-5-6-22(18-23)19-34-27-14-10-24(11-15-27)29(31)32/h2-18,33H,19-21H2,1H3,(H3,31,32). The van der Waals surface area contributed by atoms with Gasteiger partial charge in [0, 0.05) is 11.0 Å². The van der Waals surface area contributed by atoms with Gasteiger partial charge in [-0.1, -0.05) is 60.7 Å². The van der Waals surface area contributed by atoms with Gasteiger partial charge >= 0.3 is 0 Å². The number of nitrogens with two attached hydrogens (primary N) is 1. The molecule has 0 heterocycles. The summed E-state index contributed by atoms with van der Waals surface area (Å²) in [5, 5.41) is 17.6. The Kier molecular flexibility index (Phi) is 7.48. The molecule has 178 valence electrons. The Hall–Kier alpha value is -4.09. The third-order valence-electron chi connectivity index (χ3n) is 6.19. The van der Waals surface area contributed by atoms with Crippen LogP contribution in [0.15, 0.2) is 103 Å². The van der Waals surface area contributed by atoms with Gasteiger partial charge in [-0.2, -0.15) is 0 Å². The summed E-state index contributed by atoms with van der Waals surface area (Å²) >= 11 is 0. The fourth-order valence-corrected chi connectivity index (χ4v) is 3.95. The summed E-state index contributed by atoms with van der Waals surface area (Å²) in [5.74, 6) is 1.54. The summed E-state index contributed by atoms with van der Waals surface area (Å²) in [6.45, 7) is 2.94. The lowest BCUT2D eigenvalue weighted by Gasteiger charge is -2.28. The molecule has 0 saturated carbocycles. The molecule has 0 saturated heterocycles. The lowest BCUT2D eigenvalue weighted by Crippen LogP contribution is -2.28. The molecule has 0 amide bonds. The summed E-state index contributed by atoms with van der Waals surface area (Å²) < 4.78 is 11.9. The van der Waals surface area contributed by atoms with Gasteiger partial charge < -0.3 is 20.3 Å². The van der Waals surface area contributed by atoms with E-state index in [4.69, 9.17) is 20.6 Å². The summed E-state index contributed by atoms with van der Waals surface area (Å²) in [6.07, 6.45) is 0. The highest BCUT2D eigenvalue weighted by Gasteiger charge is 2.27. The van der Waals surface area contributed by atoms with E-state index in [1.807, 2.05) is 91.9 Å². The molecule has 1 unspecified atom stereocenters. The first kappa shape index (κ1) is 24.0. The van der Waals surface area contributed by atoms with Gasteiger partial charge in [0.05, 0.1) is 6.61 Å². The lowest BCUT2D eigenvalue weighted by atomic mass is 9.77. The number of nitrogens with one attached hydrogen (secondary N) is 1. The van der Waals surface area contributed by atoms with Gasteiger partial charge in [-0.3, -0.25) is 5.41 Å². The number of benzene rings is 4. The molecule has 0 spiro atoms. The maximum Gasteiger partial charge on any atom is 0.122 e. The van der Waals surface area contributed by atoms with Crippen molar-refractivity contribution in [2.75, 3.05) is 6.61 Å². The van der Waals surface area contributed by atoms with Crippen molar-refractivity contribution in [3.05, 3.63) is 131 Å². The third-order valence-corrected chi connectivity index (χ3v) is 6.19. The van der Waals surface area contributed by atoms with E-state index in [9.17, 15) is 5.11 Å². The second-order valence-corrected chi connectivity index (χ2v) is 8.72. The second kappa shape index (κ2) is 10.9. The van der Waals surface area contributed by atoms with Gasteiger partial charge in [-0.25, -0.2) is 0 Å². The van der Waals surface area contributed by atoms with E-state index in [0.29, 0.717) is 18.8 Å². The third kappa shape index (κ3) is 5.89. The zero-order valence-electron chi connectivity index (χ0n) is 19.8. The smallest absolute Gasteiger partial charge is 0.122 e. The Morgan fingerprint density at radius 2 is 1.26 bits per heavy atom. The van der Waals surface area contributed by atoms with Gasteiger partial charge in [0.1, 0.15) is 30.5 Å². The molecule has 4 rings (SSSR count). The Bertz CT molecular complexity index is 1260. The van der Waals surface area contributed by atoms with Crippen molar-refractivity contribution >= 4 is 5.84 Å². The molecule has 0 radical (unpaired) electrons. The van der Waals surface area contributed by atoms with Crippen molar-refractivity contribution in [2.24, 2.45) is 5.73 Å². The number of ether oxygens (including phenoxy) is 2. The average Bonchev–Trinajstić information content (AvgIpc) is 2.91. The van der Waals surface area contributed by atoms with Gasteiger partial charge in [0.25, 0.3) is 0 Å². The molecule has 5 nitrogen and oxygen atoms in total. The Labute approximate surface area is 206 Å². The highest BCUT2D eigenvalue weighted by atomic mass is 16.5. The molecule has 1 atom stereocenters. The van der Waals surface area contributed by atoms with Gasteiger partial charge in [-0.15, -0.1) is 0 Å². The van der Waals surface area contributed by atoms with Crippen LogP contribution in [0.4, 0.5) is 0 Å². The monoisotopic (exact) mass is 466 g/mol. The van der Waals surface area contributed by atoms with E-state index in [2.05, 4.69) is 6.07 Å². The van der Waals surface area contributed by atoms with Crippen LogP contribution in [0.5, 0.6) is 11.5 Å². The topological polar surface area (TPSA) is 88.6 Å². The summed E-state index contributed by atoms with van der Waals surface area (Å²) in [7, 11) is 0. The number of aliphatic hydroxyl groups excluding tert-OH is 1. The van der Waals surface area contributed by atoms with Crippen LogP contribution in [0.1, 0.15) is 34.7 Å². The zero-order chi connectivity index (χ0) is 24.7. The van der Waals surface area contributed by atoms with Crippen molar-refractivity contribution < 1.29 is 14.6 Å². The summed E-state index contributed by atoms with van der Waals surface area (Å²) in [5.41, 5.74) is 9.89. The molecule has 4 aromatic rings. The first-order valence-electron chi connectivity index (χ1n) is 11.5. The minimum Gasteiger partial charge on any atom is -0.489 e. The number of aliphatic hydroxyl groups is 1.